The molecule has 0 radical (unpaired) electrons. The van der Waals surface area contributed by atoms with Gasteiger partial charge in [0.2, 0.25) is 0 Å². The van der Waals surface area contributed by atoms with Crippen molar-refractivity contribution in [3.63, 3.8) is 0 Å². The Morgan fingerprint density at radius 1 is 0.738 bits per heavy atom. The Hall–Kier alpha value is -0.730. The summed E-state index contributed by atoms with van der Waals surface area (Å²) in [5.41, 5.74) is 1.01. The molecule has 0 spiro atoms. The van der Waals surface area contributed by atoms with Crippen LogP contribution in [0.2, 0.25) is 0 Å². The van der Waals surface area contributed by atoms with E-state index in [-0.39, 0.29) is 6.10 Å². The minimum Gasteiger partial charge on any atom is -0.434 e. The normalized spacial score (nSPS) is 36.6. The summed E-state index contributed by atoms with van der Waals surface area (Å²) in [4.78, 5) is 12.5. The van der Waals surface area contributed by atoms with Crippen LogP contribution >= 0.6 is 0 Å². The van der Waals surface area contributed by atoms with Crippen molar-refractivity contribution in [2.45, 2.75) is 182 Å². The molecule has 244 valence electrons. The van der Waals surface area contributed by atoms with E-state index in [1.165, 1.54) is 109 Å². The van der Waals surface area contributed by atoms with E-state index in [9.17, 15) is 4.79 Å². The average Bonchev–Trinajstić information content (AvgIpc) is 3.31. The van der Waals surface area contributed by atoms with E-state index < -0.39 is 6.16 Å². The number of unbranched alkanes of at least 4 members (excludes halogenated alkanes) is 8. The number of hydrogen-bond donors (Lipinski definition) is 0. The largest absolute Gasteiger partial charge is 0.508 e. The summed E-state index contributed by atoms with van der Waals surface area (Å²) >= 11 is 0. The first-order valence-corrected chi connectivity index (χ1v) is 19.0. The van der Waals surface area contributed by atoms with Gasteiger partial charge >= 0.3 is 6.16 Å². The molecule has 4 aliphatic rings. The first-order chi connectivity index (χ1) is 20.2. The van der Waals surface area contributed by atoms with Gasteiger partial charge < -0.3 is 9.47 Å². The summed E-state index contributed by atoms with van der Waals surface area (Å²) in [6.07, 6.45) is 27.3. The molecule has 42 heavy (non-hydrogen) atoms. The second kappa shape index (κ2) is 16.0. The predicted octanol–water partition coefficient (Wildman–Crippen LogP) is 12.2. The molecule has 0 heterocycles. The Kier molecular flexibility index (Phi) is 13.0. The van der Waals surface area contributed by atoms with E-state index in [1.54, 1.807) is 0 Å². The lowest BCUT2D eigenvalue weighted by Gasteiger charge is -2.61. The van der Waals surface area contributed by atoms with Crippen LogP contribution in [-0.2, 0) is 9.47 Å². The lowest BCUT2D eigenvalue weighted by molar-refractivity contribution is -0.132. The smallest absolute Gasteiger partial charge is 0.434 e. The number of ether oxygens (including phenoxy) is 2. The third-order valence-corrected chi connectivity index (χ3v) is 13.5. The molecule has 3 nitrogen and oxygen atoms in total. The van der Waals surface area contributed by atoms with Crippen LogP contribution in [0.5, 0.6) is 0 Å². The molecular weight excluding hydrogens is 516 g/mol. The Morgan fingerprint density at radius 3 is 2.12 bits per heavy atom. The molecular formula is C39H70O3. The highest BCUT2D eigenvalue weighted by Gasteiger charge is 2.60. The second-order valence-electron chi connectivity index (χ2n) is 16.6. The molecule has 4 fully saturated rings. The summed E-state index contributed by atoms with van der Waals surface area (Å²) in [7, 11) is 0. The van der Waals surface area contributed by atoms with Gasteiger partial charge in [0.05, 0.1) is 6.61 Å². The van der Waals surface area contributed by atoms with Crippen LogP contribution in [0, 0.1) is 52.3 Å². The monoisotopic (exact) mass is 587 g/mol. The van der Waals surface area contributed by atoms with Gasteiger partial charge in [-0.2, -0.15) is 0 Å². The lowest BCUT2D eigenvalue weighted by Crippen LogP contribution is -2.54. The van der Waals surface area contributed by atoms with Gasteiger partial charge in [-0.3, -0.25) is 0 Å². The van der Waals surface area contributed by atoms with Gasteiger partial charge in [-0.25, -0.2) is 4.79 Å². The summed E-state index contributed by atoms with van der Waals surface area (Å²) in [5, 5.41) is 0. The van der Waals surface area contributed by atoms with Crippen molar-refractivity contribution in [1.82, 2.24) is 0 Å². The highest BCUT2D eigenvalue weighted by atomic mass is 16.7. The topological polar surface area (TPSA) is 35.5 Å². The summed E-state index contributed by atoms with van der Waals surface area (Å²) in [6.45, 7) is 15.5. The summed E-state index contributed by atoms with van der Waals surface area (Å²) in [5.74, 6) is 6.11. The Balaban J connectivity index is 1.19. The molecule has 0 amide bonds. The van der Waals surface area contributed by atoms with E-state index in [2.05, 4.69) is 41.5 Å². The standard InChI is InChI=1S/C39H70O3/c1-7-8-9-10-11-12-13-14-15-27-41-37(40)42-32-23-25-38(5)31(28-32)19-20-33-35-22-21-34(30(4)18-16-17-29(2)3)39(35,6)26-24-36(33)38/h29-36H,7-28H2,1-6H3/t30-,31+,32-,33-,34-,35+,36-,38-,39+/m0/s1. The number of rotatable bonds is 16. The molecule has 0 aliphatic heterocycles. The number of hydrogen-bond acceptors (Lipinski definition) is 3. The summed E-state index contributed by atoms with van der Waals surface area (Å²) in [6, 6.07) is 0. The minimum absolute atomic E-state index is 0.0617. The van der Waals surface area contributed by atoms with Crippen LogP contribution in [0.15, 0.2) is 0 Å². The number of fused-ring (bicyclic) bond motifs is 5. The minimum atomic E-state index is -0.412. The average molecular weight is 587 g/mol. The molecule has 0 N–H and O–H groups in total. The zero-order chi connectivity index (χ0) is 30.2. The highest BCUT2D eigenvalue weighted by Crippen LogP contribution is 2.68. The third-order valence-electron chi connectivity index (χ3n) is 13.5. The van der Waals surface area contributed by atoms with E-state index in [0.717, 1.165) is 61.2 Å². The Morgan fingerprint density at radius 2 is 1.40 bits per heavy atom. The Bertz CT molecular complexity index is 807. The van der Waals surface area contributed by atoms with Crippen molar-refractivity contribution < 1.29 is 14.3 Å². The number of carbonyl (C=O) groups excluding carboxylic acids is 1. The number of carbonyl (C=O) groups is 1. The van der Waals surface area contributed by atoms with Gasteiger partial charge in [-0.15, -0.1) is 0 Å². The van der Waals surface area contributed by atoms with Crippen molar-refractivity contribution in [2.75, 3.05) is 6.61 Å². The lowest BCUT2D eigenvalue weighted by atomic mass is 9.44. The Labute approximate surface area is 261 Å². The van der Waals surface area contributed by atoms with Crippen LogP contribution < -0.4 is 0 Å². The van der Waals surface area contributed by atoms with Crippen molar-refractivity contribution in [3.8, 4) is 0 Å². The molecule has 4 aliphatic carbocycles. The van der Waals surface area contributed by atoms with Crippen molar-refractivity contribution in [3.05, 3.63) is 0 Å². The summed E-state index contributed by atoms with van der Waals surface area (Å²) < 4.78 is 11.4. The van der Waals surface area contributed by atoms with Crippen LogP contribution in [0.1, 0.15) is 176 Å². The highest BCUT2D eigenvalue weighted by molar-refractivity contribution is 5.60. The van der Waals surface area contributed by atoms with Crippen LogP contribution in [-0.4, -0.2) is 18.9 Å². The van der Waals surface area contributed by atoms with E-state index >= 15 is 0 Å². The first-order valence-electron chi connectivity index (χ1n) is 19.0. The molecule has 0 aromatic heterocycles. The molecule has 0 saturated heterocycles. The van der Waals surface area contributed by atoms with Crippen molar-refractivity contribution in [1.29, 1.82) is 0 Å². The van der Waals surface area contributed by atoms with Gasteiger partial charge in [0.25, 0.3) is 0 Å². The third kappa shape index (κ3) is 8.29. The van der Waals surface area contributed by atoms with Crippen LogP contribution in [0.4, 0.5) is 4.79 Å². The molecule has 4 rings (SSSR count). The van der Waals surface area contributed by atoms with Crippen LogP contribution in [0.3, 0.4) is 0 Å². The zero-order valence-electron chi connectivity index (χ0n) is 28.9. The van der Waals surface area contributed by atoms with Crippen molar-refractivity contribution >= 4 is 6.16 Å². The molecule has 0 aromatic carbocycles. The van der Waals surface area contributed by atoms with Crippen LogP contribution in [0.25, 0.3) is 0 Å². The maximum Gasteiger partial charge on any atom is 0.508 e. The predicted molar refractivity (Wildman–Crippen MR) is 177 cm³/mol. The maximum absolute atomic E-state index is 12.5. The fourth-order valence-electron chi connectivity index (χ4n) is 11.1. The fourth-order valence-corrected chi connectivity index (χ4v) is 11.1. The molecule has 0 aromatic rings. The van der Waals surface area contributed by atoms with Gasteiger partial charge in [-0.05, 0) is 116 Å². The first kappa shape index (κ1) is 34.1. The molecule has 9 atom stereocenters. The second-order valence-corrected chi connectivity index (χ2v) is 16.6. The van der Waals surface area contributed by atoms with Gasteiger partial charge in [0.15, 0.2) is 0 Å². The molecule has 0 unspecified atom stereocenters. The van der Waals surface area contributed by atoms with Crippen molar-refractivity contribution in [2.24, 2.45) is 52.3 Å². The van der Waals surface area contributed by atoms with E-state index in [4.69, 9.17) is 9.47 Å². The van der Waals surface area contributed by atoms with E-state index in [0.29, 0.717) is 23.4 Å². The fraction of sp³-hybridized carbons (Fsp3) is 0.974. The van der Waals surface area contributed by atoms with Gasteiger partial charge in [0.1, 0.15) is 6.10 Å². The maximum atomic E-state index is 12.5. The molecule has 0 bridgehead atoms. The zero-order valence-corrected chi connectivity index (χ0v) is 28.9. The molecule has 4 saturated carbocycles. The SMILES string of the molecule is CCCCCCCCCCCOC(=O)O[C@H]1CC[C@@]2(C)[C@H](CC[C@H]3[C@H]4CC[C@@H]([C@@H](C)CCCC(C)C)[C@@]4(C)CC[C@@H]32)C1. The quantitative estimate of drug-likeness (QED) is 0.133. The van der Waals surface area contributed by atoms with Gasteiger partial charge in [-0.1, -0.05) is 112 Å². The van der Waals surface area contributed by atoms with E-state index in [1.807, 2.05) is 0 Å². The van der Waals surface area contributed by atoms with Gasteiger partial charge in [0, 0.05) is 0 Å². The molecule has 3 heteroatoms.